The molecule has 0 fully saturated rings. The molecule has 0 heterocycles. The van der Waals surface area contributed by atoms with Crippen LogP contribution in [-0.2, 0) is 28.6 Å². The first-order valence-electron chi connectivity index (χ1n) is 26.0. The van der Waals surface area contributed by atoms with Gasteiger partial charge in [-0.1, -0.05) is 183 Å². The number of carboxylic acids is 1. The maximum Gasteiger partial charge on any atom is 0.362 e. The number of carbonyl (C=O) groups excluding carboxylic acids is 2. The second-order valence-electron chi connectivity index (χ2n) is 18.4. The first-order valence-corrected chi connectivity index (χ1v) is 26.0. The second kappa shape index (κ2) is 46.3. The summed E-state index contributed by atoms with van der Waals surface area (Å²) in [7, 11) is 5.53. The number of carbonyl (C=O) groups is 3. The summed E-state index contributed by atoms with van der Waals surface area (Å²) < 4.78 is 17.4. The number of quaternary nitrogens is 1. The van der Waals surface area contributed by atoms with Crippen molar-refractivity contribution in [3.63, 3.8) is 0 Å². The summed E-state index contributed by atoms with van der Waals surface area (Å²) in [5.41, 5.74) is 0. The maximum absolute atomic E-state index is 12.8. The van der Waals surface area contributed by atoms with Gasteiger partial charge in [-0.25, -0.2) is 4.79 Å². The monoisotopic (exact) mass is 897 g/mol. The SMILES string of the molecule is CC/C=C/C/C=C/C/C=C/C/C=C/CCCCCCCCCCCCC(=O)OCC(COCCC(C(=O)O)[N+](C)(C)C)OC(=O)CCCCCCCCC/C=C/C/C=C/CCCCC. The lowest BCUT2D eigenvalue weighted by Gasteiger charge is -2.31. The highest BCUT2D eigenvalue weighted by atomic mass is 16.6. The lowest BCUT2D eigenvalue weighted by atomic mass is 10.1. The molecule has 0 aromatic carbocycles. The Hall–Kier alpha value is -3.23. The summed E-state index contributed by atoms with van der Waals surface area (Å²) in [6, 6.07) is -0.620. The number of carboxylic acid groups (broad SMARTS) is 1. The summed E-state index contributed by atoms with van der Waals surface area (Å²) in [4.78, 5) is 37.2. The van der Waals surface area contributed by atoms with Gasteiger partial charge in [0.1, 0.15) is 6.61 Å². The van der Waals surface area contributed by atoms with E-state index in [1.54, 1.807) is 0 Å². The van der Waals surface area contributed by atoms with Crippen LogP contribution < -0.4 is 0 Å². The lowest BCUT2D eigenvalue weighted by Crippen LogP contribution is -2.50. The number of likely N-dealkylation sites (N-methyl/N-ethyl adjacent to an activating group) is 1. The van der Waals surface area contributed by atoms with Crippen LogP contribution in [-0.4, -0.2) is 80.6 Å². The number of aliphatic carboxylic acids is 1. The number of esters is 2. The average molecular weight is 897 g/mol. The zero-order chi connectivity index (χ0) is 47.0. The average Bonchev–Trinajstić information content (AvgIpc) is 3.26. The first kappa shape index (κ1) is 60.8. The van der Waals surface area contributed by atoms with Gasteiger partial charge in [0.15, 0.2) is 12.1 Å². The van der Waals surface area contributed by atoms with E-state index in [1.165, 1.54) is 103 Å². The van der Waals surface area contributed by atoms with Crippen molar-refractivity contribution in [2.24, 2.45) is 0 Å². The Balaban J connectivity index is 4.24. The van der Waals surface area contributed by atoms with Crippen molar-refractivity contribution >= 4 is 17.9 Å². The molecule has 8 nitrogen and oxygen atoms in total. The molecular weight excluding hydrogens is 799 g/mol. The smallest absolute Gasteiger partial charge is 0.362 e. The van der Waals surface area contributed by atoms with E-state index in [0.29, 0.717) is 19.3 Å². The van der Waals surface area contributed by atoms with Gasteiger partial charge in [-0.3, -0.25) is 9.59 Å². The van der Waals surface area contributed by atoms with Crippen LogP contribution in [0.5, 0.6) is 0 Å². The largest absolute Gasteiger partial charge is 0.477 e. The van der Waals surface area contributed by atoms with Crippen molar-refractivity contribution in [1.82, 2.24) is 0 Å². The van der Waals surface area contributed by atoms with Crippen molar-refractivity contribution in [2.75, 3.05) is 41.0 Å². The van der Waals surface area contributed by atoms with E-state index in [-0.39, 0.29) is 36.2 Å². The van der Waals surface area contributed by atoms with Gasteiger partial charge in [-0.05, 0) is 83.5 Å². The molecule has 368 valence electrons. The predicted molar refractivity (Wildman–Crippen MR) is 270 cm³/mol. The third kappa shape index (κ3) is 44.0. The van der Waals surface area contributed by atoms with Crippen LogP contribution in [0.15, 0.2) is 72.9 Å². The molecule has 0 rings (SSSR count). The van der Waals surface area contributed by atoms with Gasteiger partial charge in [0, 0.05) is 19.3 Å². The summed E-state index contributed by atoms with van der Waals surface area (Å²) in [6.45, 7) is 4.60. The normalized spacial score (nSPS) is 13.5. The van der Waals surface area contributed by atoms with Crippen molar-refractivity contribution in [1.29, 1.82) is 0 Å². The molecule has 64 heavy (non-hydrogen) atoms. The molecule has 1 N–H and O–H groups in total. The van der Waals surface area contributed by atoms with Crippen LogP contribution in [0.3, 0.4) is 0 Å². The summed E-state index contributed by atoms with van der Waals surface area (Å²) in [6.07, 6.45) is 59.5. The fourth-order valence-corrected chi connectivity index (χ4v) is 7.35. The zero-order valence-corrected chi connectivity index (χ0v) is 42.0. The van der Waals surface area contributed by atoms with Crippen molar-refractivity contribution in [2.45, 2.75) is 225 Å². The third-order valence-electron chi connectivity index (χ3n) is 11.3. The molecule has 0 saturated heterocycles. The van der Waals surface area contributed by atoms with Crippen LogP contribution in [0.1, 0.15) is 213 Å². The number of hydrogen-bond donors (Lipinski definition) is 1. The molecule has 0 spiro atoms. The van der Waals surface area contributed by atoms with Crippen LogP contribution in [0.25, 0.3) is 0 Å². The topological polar surface area (TPSA) is 99.1 Å². The highest BCUT2D eigenvalue weighted by Crippen LogP contribution is 2.15. The molecule has 0 bridgehead atoms. The molecule has 2 unspecified atom stereocenters. The molecule has 0 saturated carbocycles. The molecule has 0 aromatic rings. The van der Waals surface area contributed by atoms with E-state index < -0.39 is 18.1 Å². The fraction of sp³-hybridized carbons (Fsp3) is 0.732. The Morgan fingerprint density at radius 1 is 0.484 bits per heavy atom. The van der Waals surface area contributed by atoms with Crippen LogP contribution in [0.2, 0.25) is 0 Å². The van der Waals surface area contributed by atoms with Gasteiger partial charge in [0.2, 0.25) is 0 Å². The van der Waals surface area contributed by atoms with Gasteiger partial charge < -0.3 is 23.8 Å². The lowest BCUT2D eigenvalue weighted by molar-refractivity contribution is -0.887. The van der Waals surface area contributed by atoms with Crippen LogP contribution in [0.4, 0.5) is 0 Å². The Labute approximate surface area is 393 Å². The van der Waals surface area contributed by atoms with Gasteiger partial charge in [0.25, 0.3) is 0 Å². The van der Waals surface area contributed by atoms with E-state index in [2.05, 4.69) is 86.8 Å². The molecule has 2 atom stereocenters. The van der Waals surface area contributed by atoms with E-state index >= 15 is 0 Å². The standard InChI is InChI=1S/C56H97NO7/c1-6-8-10-12-14-16-18-20-22-24-25-26-27-28-29-31-32-34-36-38-40-42-44-46-54(58)63-51-52(50-62-49-48-53(56(60)61)57(3,4)5)64-55(59)47-45-43-41-39-37-35-33-30-23-21-19-17-15-13-11-9-7-2/h8,10,14-17,20-23,25-26,52-53H,6-7,9,11-13,18-19,24,27-51H2,1-5H3/p+1/b10-8+,16-14+,17-15+,22-20+,23-21+,26-25+. The molecular formula is C56H98NO7+. The Morgan fingerprint density at radius 2 is 0.875 bits per heavy atom. The molecule has 0 amide bonds. The van der Waals surface area contributed by atoms with Gasteiger partial charge >= 0.3 is 17.9 Å². The van der Waals surface area contributed by atoms with Crippen LogP contribution in [0, 0.1) is 0 Å². The maximum atomic E-state index is 12.8. The van der Waals surface area contributed by atoms with E-state index in [9.17, 15) is 19.5 Å². The predicted octanol–water partition coefficient (Wildman–Crippen LogP) is 15.1. The number of nitrogens with zero attached hydrogens (tertiary/aromatic N) is 1. The number of ether oxygens (including phenoxy) is 3. The summed E-state index contributed by atoms with van der Waals surface area (Å²) >= 11 is 0. The Kier molecular flexibility index (Phi) is 44.0. The minimum Gasteiger partial charge on any atom is -0.477 e. The number of rotatable bonds is 46. The van der Waals surface area contributed by atoms with Crippen LogP contribution >= 0.6 is 0 Å². The van der Waals surface area contributed by atoms with Gasteiger partial charge in [0.05, 0.1) is 34.4 Å². The van der Waals surface area contributed by atoms with Gasteiger partial charge in [-0.15, -0.1) is 0 Å². The third-order valence-corrected chi connectivity index (χ3v) is 11.3. The summed E-state index contributed by atoms with van der Waals surface area (Å²) in [5.74, 6) is -1.48. The van der Waals surface area contributed by atoms with E-state index in [4.69, 9.17) is 14.2 Å². The molecule has 0 aliphatic rings. The highest BCUT2D eigenvalue weighted by molar-refractivity contribution is 5.72. The summed E-state index contributed by atoms with van der Waals surface area (Å²) in [5, 5.41) is 9.66. The molecule has 0 aromatic heterocycles. The molecule has 8 heteroatoms. The van der Waals surface area contributed by atoms with Crippen molar-refractivity contribution in [3.05, 3.63) is 72.9 Å². The highest BCUT2D eigenvalue weighted by Gasteiger charge is 2.31. The van der Waals surface area contributed by atoms with E-state index in [0.717, 1.165) is 77.0 Å². The molecule has 0 aliphatic heterocycles. The molecule has 0 aliphatic carbocycles. The first-order chi connectivity index (χ1) is 31.1. The second-order valence-corrected chi connectivity index (χ2v) is 18.4. The fourth-order valence-electron chi connectivity index (χ4n) is 7.35. The molecule has 0 radical (unpaired) electrons. The number of unbranched alkanes of at least 4 members (excludes halogenated alkanes) is 20. The Morgan fingerprint density at radius 3 is 1.30 bits per heavy atom. The quantitative estimate of drug-likeness (QED) is 0.0281. The van der Waals surface area contributed by atoms with Crippen molar-refractivity contribution < 1.29 is 38.2 Å². The van der Waals surface area contributed by atoms with E-state index in [1.807, 2.05) is 21.1 Å². The number of hydrogen-bond acceptors (Lipinski definition) is 6. The zero-order valence-electron chi connectivity index (χ0n) is 42.0. The van der Waals surface area contributed by atoms with Crippen molar-refractivity contribution in [3.8, 4) is 0 Å². The minimum atomic E-state index is -0.878. The Bertz CT molecular complexity index is 1270. The number of allylic oxidation sites excluding steroid dienone is 12. The van der Waals surface area contributed by atoms with Gasteiger partial charge in [-0.2, -0.15) is 0 Å². The minimum absolute atomic E-state index is 0.0543.